The summed E-state index contributed by atoms with van der Waals surface area (Å²) in [6.07, 6.45) is 4.34. The zero-order valence-electron chi connectivity index (χ0n) is 14.4. The van der Waals surface area contributed by atoms with Crippen LogP contribution in [0.15, 0.2) is 42.7 Å². The van der Waals surface area contributed by atoms with Crippen LogP contribution in [0.2, 0.25) is 0 Å². The third-order valence-electron chi connectivity index (χ3n) is 4.06. The Morgan fingerprint density at radius 3 is 2.96 bits per heavy atom. The van der Waals surface area contributed by atoms with Crippen LogP contribution in [-0.4, -0.2) is 53.1 Å². The van der Waals surface area contributed by atoms with Crippen LogP contribution in [0.3, 0.4) is 0 Å². The van der Waals surface area contributed by atoms with E-state index in [0.717, 1.165) is 24.5 Å². The SMILES string of the molecule is CCN(CC1COc2ccccc2O1)C(=O)NCCCn1cccn1. The highest BCUT2D eigenvalue weighted by Crippen LogP contribution is 2.30. The Labute approximate surface area is 147 Å². The summed E-state index contributed by atoms with van der Waals surface area (Å²) in [7, 11) is 0. The highest BCUT2D eigenvalue weighted by Gasteiger charge is 2.24. The Bertz CT molecular complexity index is 675. The van der Waals surface area contributed by atoms with Crippen LogP contribution in [0.25, 0.3) is 0 Å². The Morgan fingerprint density at radius 2 is 2.20 bits per heavy atom. The summed E-state index contributed by atoms with van der Waals surface area (Å²) in [4.78, 5) is 14.1. The molecule has 0 aliphatic carbocycles. The van der Waals surface area contributed by atoms with Gasteiger partial charge in [0.2, 0.25) is 0 Å². The Morgan fingerprint density at radius 1 is 1.36 bits per heavy atom. The molecule has 0 saturated heterocycles. The first kappa shape index (κ1) is 17.1. The maximum absolute atomic E-state index is 12.4. The van der Waals surface area contributed by atoms with E-state index in [9.17, 15) is 4.79 Å². The van der Waals surface area contributed by atoms with Crippen molar-refractivity contribution in [2.24, 2.45) is 0 Å². The molecule has 1 aliphatic heterocycles. The number of nitrogens with one attached hydrogen (secondary N) is 1. The van der Waals surface area contributed by atoms with Gasteiger partial charge in [0.1, 0.15) is 6.61 Å². The molecule has 7 heteroatoms. The molecule has 2 aromatic rings. The number of amides is 2. The number of ether oxygens (including phenoxy) is 2. The van der Waals surface area contributed by atoms with Crippen LogP contribution in [0.5, 0.6) is 11.5 Å². The van der Waals surface area contributed by atoms with Crippen LogP contribution < -0.4 is 14.8 Å². The normalized spacial score (nSPS) is 15.6. The summed E-state index contributed by atoms with van der Waals surface area (Å²) >= 11 is 0. The molecule has 1 atom stereocenters. The number of rotatable bonds is 7. The summed E-state index contributed by atoms with van der Waals surface area (Å²) in [5.74, 6) is 1.49. The number of carbonyl (C=O) groups is 1. The Balaban J connectivity index is 1.43. The molecule has 1 N–H and O–H groups in total. The van der Waals surface area contributed by atoms with Crippen LogP contribution in [0.1, 0.15) is 13.3 Å². The molecule has 0 radical (unpaired) electrons. The molecule has 2 amide bonds. The highest BCUT2D eigenvalue weighted by atomic mass is 16.6. The van der Waals surface area contributed by atoms with Crippen molar-refractivity contribution in [1.82, 2.24) is 20.0 Å². The second-order valence-electron chi connectivity index (χ2n) is 5.89. The van der Waals surface area contributed by atoms with Crippen molar-refractivity contribution in [3.05, 3.63) is 42.7 Å². The lowest BCUT2D eigenvalue weighted by atomic mass is 10.2. The van der Waals surface area contributed by atoms with Gasteiger partial charge < -0.3 is 19.7 Å². The molecule has 0 bridgehead atoms. The molecule has 1 aliphatic rings. The predicted octanol–water partition coefficient (Wildman–Crippen LogP) is 2.14. The first-order chi connectivity index (χ1) is 12.3. The quantitative estimate of drug-likeness (QED) is 0.782. The van der Waals surface area contributed by atoms with Gasteiger partial charge in [0.25, 0.3) is 0 Å². The standard InChI is InChI=1S/C18H24N4O3/c1-2-21(18(23)19-9-5-11-22-12-6-10-20-22)13-15-14-24-16-7-3-4-8-17(16)25-15/h3-4,6-8,10,12,15H,2,5,9,11,13-14H2,1H3,(H,19,23). The molecule has 0 fully saturated rings. The zero-order valence-corrected chi connectivity index (χ0v) is 14.4. The number of carbonyl (C=O) groups excluding carboxylic acids is 1. The fourth-order valence-electron chi connectivity index (χ4n) is 2.74. The number of hydrogen-bond acceptors (Lipinski definition) is 4. The lowest BCUT2D eigenvalue weighted by Crippen LogP contribution is -2.47. The maximum atomic E-state index is 12.4. The lowest BCUT2D eigenvalue weighted by Gasteiger charge is -2.31. The predicted molar refractivity (Wildman–Crippen MR) is 93.8 cm³/mol. The minimum atomic E-state index is -0.162. The van der Waals surface area contributed by atoms with Crippen molar-refractivity contribution in [1.29, 1.82) is 0 Å². The number of likely N-dealkylation sites (N-methyl/N-ethyl adjacent to an activating group) is 1. The molecular formula is C18H24N4O3. The summed E-state index contributed by atoms with van der Waals surface area (Å²) in [5.41, 5.74) is 0. The van der Waals surface area contributed by atoms with Crippen molar-refractivity contribution in [3.63, 3.8) is 0 Å². The number of fused-ring (bicyclic) bond motifs is 1. The van der Waals surface area contributed by atoms with Crippen molar-refractivity contribution < 1.29 is 14.3 Å². The van der Waals surface area contributed by atoms with Gasteiger partial charge in [-0.05, 0) is 31.5 Å². The van der Waals surface area contributed by atoms with E-state index in [2.05, 4.69) is 10.4 Å². The van der Waals surface area contributed by atoms with Gasteiger partial charge >= 0.3 is 6.03 Å². The maximum Gasteiger partial charge on any atom is 0.317 e. The van der Waals surface area contributed by atoms with E-state index >= 15 is 0 Å². The number of aromatic nitrogens is 2. The molecule has 0 saturated carbocycles. The second kappa shape index (κ2) is 8.41. The van der Waals surface area contributed by atoms with E-state index < -0.39 is 0 Å². The second-order valence-corrected chi connectivity index (χ2v) is 5.89. The molecule has 1 aromatic carbocycles. The third-order valence-corrected chi connectivity index (χ3v) is 4.06. The van der Waals surface area contributed by atoms with Gasteiger partial charge in [-0.2, -0.15) is 5.10 Å². The van der Waals surface area contributed by atoms with Crippen LogP contribution in [0.4, 0.5) is 4.79 Å². The average molecular weight is 344 g/mol. The van der Waals surface area contributed by atoms with E-state index in [-0.39, 0.29) is 12.1 Å². The van der Waals surface area contributed by atoms with Gasteiger partial charge in [-0.25, -0.2) is 4.79 Å². The highest BCUT2D eigenvalue weighted by molar-refractivity contribution is 5.74. The fraction of sp³-hybridized carbons (Fsp3) is 0.444. The van der Waals surface area contributed by atoms with Gasteiger partial charge in [0, 0.05) is 32.0 Å². The smallest absolute Gasteiger partial charge is 0.317 e. The third kappa shape index (κ3) is 4.65. The Kier molecular flexibility index (Phi) is 5.77. The first-order valence-corrected chi connectivity index (χ1v) is 8.65. The number of hydrogen-bond donors (Lipinski definition) is 1. The minimum Gasteiger partial charge on any atom is -0.486 e. The molecule has 134 valence electrons. The van der Waals surface area contributed by atoms with Crippen LogP contribution >= 0.6 is 0 Å². The molecule has 3 rings (SSSR count). The summed E-state index contributed by atoms with van der Waals surface area (Å²) < 4.78 is 13.5. The van der Waals surface area contributed by atoms with E-state index in [4.69, 9.17) is 9.47 Å². The van der Waals surface area contributed by atoms with E-state index in [1.807, 2.05) is 48.1 Å². The summed E-state index contributed by atoms with van der Waals surface area (Å²) in [5, 5.41) is 7.10. The zero-order chi connectivity index (χ0) is 17.5. The monoisotopic (exact) mass is 344 g/mol. The van der Waals surface area contributed by atoms with Crippen LogP contribution in [-0.2, 0) is 6.54 Å². The topological polar surface area (TPSA) is 68.6 Å². The molecule has 1 unspecified atom stereocenters. The molecule has 1 aromatic heterocycles. The number of benzene rings is 1. The van der Waals surface area contributed by atoms with Gasteiger partial charge in [-0.3, -0.25) is 4.68 Å². The molecule has 25 heavy (non-hydrogen) atoms. The van der Waals surface area contributed by atoms with E-state index in [1.54, 1.807) is 11.1 Å². The number of urea groups is 1. The van der Waals surface area contributed by atoms with Gasteiger partial charge in [-0.1, -0.05) is 12.1 Å². The van der Waals surface area contributed by atoms with Crippen LogP contribution in [0, 0.1) is 0 Å². The number of aryl methyl sites for hydroxylation is 1. The van der Waals surface area contributed by atoms with E-state index in [1.165, 1.54) is 0 Å². The van der Waals surface area contributed by atoms with Gasteiger partial charge in [-0.15, -0.1) is 0 Å². The molecule has 0 spiro atoms. The first-order valence-electron chi connectivity index (χ1n) is 8.65. The lowest BCUT2D eigenvalue weighted by molar-refractivity contribution is 0.0675. The van der Waals surface area contributed by atoms with Gasteiger partial charge in [0.15, 0.2) is 17.6 Å². The molecular weight excluding hydrogens is 320 g/mol. The number of nitrogens with zero attached hydrogens (tertiary/aromatic N) is 3. The van der Waals surface area contributed by atoms with Crippen molar-refractivity contribution >= 4 is 6.03 Å². The largest absolute Gasteiger partial charge is 0.486 e. The molecule has 7 nitrogen and oxygen atoms in total. The fourth-order valence-corrected chi connectivity index (χ4v) is 2.74. The average Bonchev–Trinajstić information content (AvgIpc) is 3.16. The Hall–Kier alpha value is -2.70. The minimum absolute atomic E-state index is 0.0783. The van der Waals surface area contributed by atoms with Crippen molar-refractivity contribution in [2.75, 3.05) is 26.2 Å². The van der Waals surface area contributed by atoms with Gasteiger partial charge in [0.05, 0.1) is 6.54 Å². The summed E-state index contributed by atoms with van der Waals surface area (Å²) in [6.45, 7) is 4.92. The van der Waals surface area contributed by atoms with Crippen molar-refractivity contribution in [2.45, 2.75) is 26.0 Å². The number of para-hydroxylation sites is 2. The summed E-state index contributed by atoms with van der Waals surface area (Å²) in [6, 6.07) is 9.40. The van der Waals surface area contributed by atoms with E-state index in [0.29, 0.717) is 26.2 Å². The van der Waals surface area contributed by atoms with Crippen molar-refractivity contribution in [3.8, 4) is 11.5 Å². The molecule has 2 heterocycles.